The predicted molar refractivity (Wildman–Crippen MR) is 88.0 cm³/mol. The summed E-state index contributed by atoms with van der Waals surface area (Å²) in [5.74, 6) is 0.214. The largest absolute Gasteiger partial charge is 0.327 e. The molecule has 1 aromatic rings. The minimum absolute atomic E-state index is 0. The normalized spacial score (nSPS) is 22.3. The van der Waals surface area contributed by atoms with Gasteiger partial charge in [0.2, 0.25) is 5.91 Å². The van der Waals surface area contributed by atoms with Gasteiger partial charge in [0.25, 0.3) is 0 Å². The summed E-state index contributed by atoms with van der Waals surface area (Å²) >= 11 is 0. The van der Waals surface area contributed by atoms with Crippen LogP contribution in [0.1, 0.15) is 24.8 Å². The number of halogens is 1. The Balaban J connectivity index is 0.00000161. The number of carbonyl (C=O) groups is 1. The van der Waals surface area contributed by atoms with Gasteiger partial charge in [0.1, 0.15) is 0 Å². The Morgan fingerprint density at radius 2 is 2.05 bits per heavy atom. The van der Waals surface area contributed by atoms with Gasteiger partial charge in [0.05, 0.1) is 6.54 Å². The lowest BCUT2D eigenvalue weighted by atomic mass is 10.0. The third-order valence-corrected chi connectivity index (χ3v) is 4.31. The second-order valence-corrected chi connectivity index (χ2v) is 5.92. The molecular weight excluding hydrogens is 286 g/mol. The van der Waals surface area contributed by atoms with Crippen LogP contribution in [0.25, 0.3) is 0 Å². The number of nitrogens with two attached hydrogens (primary N) is 1. The van der Waals surface area contributed by atoms with E-state index in [-0.39, 0.29) is 24.4 Å². The molecule has 1 aromatic carbocycles. The first kappa shape index (κ1) is 16.3. The fraction of sp³-hybridized carbons (Fsp3) is 0.562. The maximum Gasteiger partial charge on any atom is 0.241 e. The smallest absolute Gasteiger partial charge is 0.241 e. The van der Waals surface area contributed by atoms with E-state index in [1.54, 1.807) is 0 Å². The van der Waals surface area contributed by atoms with Crippen LogP contribution >= 0.6 is 12.4 Å². The zero-order chi connectivity index (χ0) is 13.9. The highest BCUT2D eigenvalue weighted by Crippen LogP contribution is 2.26. The Hall–Kier alpha value is -1.10. The number of likely N-dealkylation sites (tertiary alicyclic amines) is 1. The number of piperidine rings is 1. The van der Waals surface area contributed by atoms with Gasteiger partial charge in [-0.1, -0.05) is 18.2 Å². The first-order valence-corrected chi connectivity index (χ1v) is 7.60. The number of para-hydroxylation sites is 1. The number of benzene rings is 1. The van der Waals surface area contributed by atoms with E-state index < -0.39 is 0 Å². The van der Waals surface area contributed by atoms with Crippen molar-refractivity contribution in [2.75, 3.05) is 31.1 Å². The van der Waals surface area contributed by atoms with Gasteiger partial charge in [0.15, 0.2) is 0 Å². The summed E-state index contributed by atoms with van der Waals surface area (Å²) in [6.07, 6.45) is 4.32. The Morgan fingerprint density at radius 3 is 2.86 bits per heavy atom. The molecule has 0 radical (unpaired) electrons. The summed E-state index contributed by atoms with van der Waals surface area (Å²) in [5.41, 5.74) is 8.39. The van der Waals surface area contributed by atoms with E-state index in [9.17, 15) is 4.79 Å². The summed E-state index contributed by atoms with van der Waals surface area (Å²) in [7, 11) is 0. The van der Waals surface area contributed by atoms with Crippen molar-refractivity contribution in [3.8, 4) is 0 Å². The molecule has 1 amide bonds. The summed E-state index contributed by atoms with van der Waals surface area (Å²) in [6, 6.07) is 8.49. The number of carbonyl (C=O) groups excluding carboxylic acids is 1. The van der Waals surface area contributed by atoms with Crippen molar-refractivity contribution in [1.29, 1.82) is 0 Å². The lowest BCUT2D eigenvalue weighted by Crippen LogP contribution is -2.48. The highest BCUT2D eigenvalue weighted by atomic mass is 35.5. The number of amides is 1. The molecule has 4 nitrogen and oxygen atoms in total. The number of fused-ring (bicyclic) bond motifs is 1. The molecule has 2 heterocycles. The molecule has 21 heavy (non-hydrogen) atoms. The van der Waals surface area contributed by atoms with Crippen LogP contribution in [0.3, 0.4) is 0 Å². The maximum atomic E-state index is 12.6. The molecule has 3 rings (SSSR count). The molecule has 0 bridgehead atoms. The van der Waals surface area contributed by atoms with Crippen LogP contribution in [0, 0.1) is 0 Å². The van der Waals surface area contributed by atoms with Crippen molar-refractivity contribution >= 4 is 24.0 Å². The summed E-state index contributed by atoms with van der Waals surface area (Å²) in [4.78, 5) is 16.7. The van der Waals surface area contributed by atoms with Gasteiger partial charge in [-0.05, 0) is 43.9 Å². The average Bonchev–Trinajstić information content (AvgIpc) is 2.46. The van der Waals surface area contributed by atoms with Gasteiger partial charge in [-0.3, -0.25) is 9.69 Å². The van der Waals surface area contributed by atoms with Crippen molar-refractivity contribution < 1.29 is 4.79 Å². The molecule has 2 aliphatic heterocycles. The monoisotopic (exact) mass is 309 g/mol. The van der Waals surface area contributed by atoms with Gasteiger partial charge >= 0.3 is 0 Å². The van der Waals surface area contributed by atoms with Crippen LogP contribution in [0.15, 0.2) is 24.3 Å². The zero-order valence-corrected chi connectivity index (χ0v) is 13.1. The van der Waals surface area contributed by atoms with Crippen molar-refractivity contribution in [1.82, 2.24) is 4.90 Å². The van der Waals surface area contributed by atoms with Crippen LogP contribution in [-0.4, -0.2) is 43.0 Å². The van der Waals surface area contributed by atoms with Gasteiger partial charge in [-0.25, -0.2) is 0 Å². The third kappa shape index (κ3) is 3.76. The van der Waals surface area contributed by atoms with E-state index >= 15 is 0 Å². The SMILES string of the molecule is Cl.N[C@@H]1CCCN(CC(=O)N2CCCc3ccccc32)C1. The minimum atomic E-state index is 0. The molecule has 0 unspecified atom stereocenters. The van der Waals surface area contributed by atoms with E-state index in [1.165, 1.54) is 5.56 Å². The van der Waals surface area contributed by atoms with E-state index in [0.29, 0.717) is 6.54 Å². The number of hydrogen-bond donors (Lipinski definition) is 1. The molecule has 1 saturated heterocycles. The molecule has 1 atom stereocenters. The first-order valence-electron chi connectivity index (χ1n) is 7.60. The van der Waals surface area contributed by atoms with Crippen molar-refractivity contribution in [2.45, 2.75) is 31.7 Å². The van der Waals surface area contributed by atoms with Crippen LogP contribution < -0.4 is 10.6 Å². The molecule has 2 N–H and O–H groups in total. The van der Waals surface area contributed by atoms with Gasteiger partial charge in [-0.2, -0.15) is 0 Å². The lowest BCUT2D eigenvalue weighted by molar-refractivity contribution is -0.120. The highest BCUT2D eigenvalue weighted by molar-refractivity contribution is 5.95. The molecule has 116 valence electrons. The number of anilines is 1. The number of rotatable bonds is 2. The highest BCUT2D eigenvalue weighted by Gasteiger charge is 2.25. The number of hydrogen-bond acceptors (Lipinski definition) is 3. The molecule has 0 spiro atoms. The molecule has 0 aliphatic carbocycles. The predicted octanol–water partition coefficient (Wildman–Crippen LogP) is 1.81. The summed E-state index contributed by atoms with van der Waals surface area (Å²) in [6.45, 7) is 3.19. The van der Waals surface area contributed by atoms with E-state index in [2.05, 4.69) is 23.1 Å². The van der Waals surface area contributed by atoms with E-state index in [4.69, 9.17) is 5.73 Å². The van der Waals surface area contributed by atoms with Crippen LogP contribution in [-0.2, 0) is 11.2 Å². The fourth-order valence-corrected chi connectivity index (χ4v) is 3.30. The molecule has 2 aliphatic rings. The number of aryl methyl sites for hydroxylation is 1. The van der Waals surface area contributed by atoms with Gasteiger partial charge in [-0.15, -0.1) is 12.4 Å². The molecule has 1 fully saturated rings. The Morgan fingerprint density at radius 1 is 1.24 bits per heavy atom. The second-order valence-electron chi connectivity index (χ2n) is 5.92. The Labute approximate surface area is 132 Å². The van der Waals surface area contributed by atoms with Gasteiger partial charge in [0, 0.05) is 24.8 Å². The van der Waals surface area contributed by atoms with Crippen molar-refractivity contribution in [3.63, 3.8) is 0 Å². The standard InChI is InChI=1S/C16H23N3O.ClH/c17-14-7-4-9-18(11-14)12-16(20)19-10-3-6-13-5-1-2-8-15(13)19;/h1-2,5,8,14H,3-4,6-7,9-12,17H2;1H/t14-;/m1./s1. The second kappa shape index (κ2) is 7.25. The topological polar surface area (TPSA) is 49.6 Å². The van der Waals surface area contributed by atoms with Crippen LogP contribution in [0.4, 0.5) is 5.69 Å². The molecule has 0 aromatic heterocycles. The van der Waals surface area contributed by atoms with Crippen LogP contribution in [0.5, 0.6) is 0 Å². The van der Waals surface area contributed by atoms with Crippen LogP contribution in [0.2, 0.25) is 0 Å². The maximum absolute atomic E-state index is 12.6. The Kier molecular flexibility index (Phi) is 5.62. The van der Waals surface area contributed by atoms with Crippen molar-refractivity contribution in [3.05, 3.63) is 29.8 Å². The number of nitrogens with zero attached hydrogens (tertiary/aromatic N) is 2. The first-order chi connectivity index (χ1) is 9.74. The van der Waals surface area contributed by atoms with Gasteiger partial charge < -0.3 is 10.6 Å². The zero-order valence-electron chi connectivity index (χ0n) is 12.3. The fourth-order valence-electron chi connectivity index (χ4n) is 3.30. The summed E-state index contributed by atoms with van der Waals surface area (Å²) < 4.78 is 0. The quantitative estimate of drug-likeness (QED) is 0.906. The minimum Gasteiger partial charge on any atom is -0.327 e. The molecular formula is C16H24ClN3O. The van der Waals surface area contributed by atoms with E-state index in [0.717, 1.165) is 51.0 Å². The Bertz CT molecular complexity index is 494. The molecule has 0 saturated carbocycles. The summed E-state index contributed by atoms with van der Waals surface area (Å²) in [5, 5.41) is 0. The molecule has 5 heteroatoms. The third-order valence-electron chi connectivity index (χ3n) is 4.31. The van der Waals surface area contributed by atoms with Crippen molar-refractivity contribution in [2.24, 2.45) is 5.73 Å². The lowest BCUT2D eigenvalue weighted by Gasteiger charge is -2.34. The average molecular weight is 310 g/mol. The van der Waals surface area contributed by atoms with E-state index in [1.807, 2.05) is 11.0 Å².